The van der Waals surface area contributed by atoms with Gasteiger partial charge in [0.05, 0.1) is 23.6 Å². The summed E-state index contributed by atoms with van der Waals surface area (Å²) in [4.78, 5) is 10.2. The topological polar surface area (TPSA) is 87.3 Å². The van der Waals surface area contributed by atoms with Crippen molar-refractivity contribution in [3.63, 3.8) is 0 Å². The second-order valence-corrected chi connectivity index (χ2v) is 7.83. The van der Waals surface area contributed by atoms with Crippen LogP contribution < -0.4 is 4.72 Å². The van der Waals surface area contributed by atoms with E-state index in [4.69, 9.17) is 4.74 Å². The molecule has 1 aliphatic heterocycles. The summed E-state index contributed by atoms with van der Waals surface area (Å²) in [5, 5.41) is 0. The van der Waals surface area contributed by atoms with Crippen molar-refractivity contribution in [3.05, 3.63) is 17.2 Å². The van der Waals surface area contributed by atoms with E-state index in [0.29, 0.717) is 13.1 Å². The average Bonchev–Trinajstić information content (AvgIpc) is 3.03. The summed E-state index contributed by atoms with van der Waals surface area (Å²) in [6, 6.07) is 0.142. The first-order valence-electron chi connectivity index (χ1n) is 7.63. The van der Waals surface area contributed by atoms with Crippen molar-refractivity contribution in [1.82, 2.24) is 19.6 Å². The number of methoxy groups -OCH3 is 1. The first kappa shape index (κ1) is 17.4. The molecule has 0 aliphatic carbocycles. The lowest BCUT2D eigenvalue weighted by molar-refractivity contribution is 0.108. The summed E-state index contributed by atoms with van der Waals surface area (Å²) < 4.78 is 31.1. The molecule has 0 spiro atoms. The summed E-state index contributed by atoms with van der Waals surface area (Å²) in [6.07, 6.45) is 1.02. The van der Waals surface area contributed by atoms with Crippen molar-refractivity contribution in [2.24, 2.45) is 0 Å². The maximum absolute atomic E-state index is 11.5. The average molecular weight is 330 g/mol. The van der Waals surface area contributed by atoms with Gasteiger partial charge in [0.25, 0.3) is 0 Å². The Morgan fingerprint density at radius 3 is 2.73 bits per heavy atom. The highest BCUT2D eigenvalue weighted by Crippen LogP contribution is 2.31. The molecule has 0 unspecified atom stereocenters. The smallest absolute Gasteiger partial charge is 0.211 e. The molecule has 1 aromatic rings. The number of hydrogen-bond acceptors (Lipinski definition) is 5. The van der Waals surface area contributed by atoms with Crippen LogP contribution in [0.2, 0.25) is 0 Å². The van der Waals surface area contributed by atoms with E-state index in [1.54, 1.807) is 14.0 Å². The molecule has 0 radical (unpaired) electrons. The Hall–Kier alpha value is -0.960. The molecule has 7 nitrogen and oxygen atoms in total. The van der Waals surface area contributed by atoms with Crippen molar-refractivity contribution in [2.45, 2.75) is 39.3 Å². The number of likely N-dealkylation sites (tertiary alicyclic amines) is 1. The van der Waals surface area contributed by atoms with Gasteiger partial charge in [-0.2, -0.15) is 0 Å². The van der Waals surface area contributed by atoms with Gasteiger partial charge in [0.1, 0.15) is 5.82 Å². The van der Waals surface area contributed by atoms with E-state index < -0.39 is 10.0 Å². The van der Waals surface area contributed by atoms with Crippen LogP contribution in [0.25, 0.3) is 0 Å². The van der Waals surface area contributed by atoms with Gasteiger partial charge >= 0.3 is 0 Å². The molecule has 1 saturated heterocycles. The number of ether oxygens (including phenoxy) is 1. The second-order valence-electron chi connectivity index (χ2n) is 5.73. The summed E-state index contributed by atoms with van der Waals surface area (Å²) in [6.45, 7) is 7.46. The Bertz CT molecular complexity index is 580. The van der Waals surface area contributed by atoms with Gasteiger partial charge in [-0.05, 0) is 27.2 Å². The molecular formula is C14H26N4O3S. The van der Waals surface area contributed by atoms with Crippen LogP contribution in [0.4, 0.5) is 0 Å². The van der Waals surface area contributed by atoms with Crippen LogP contribution in [0, 0.1) is 13.8 Å². The highest BCUT2D eigenvalue weighted by atomic mass is 32.2. The van der Waals surface area contributed by atoms with E-state index in [-0.39, 0.29) is 17.9 Å². The minimum absolute atomic E-state index is 0.105. The largest absolute Gasteiger partial charge is 0.380 e. The lowest BCUT2D eigenvalue weighted by atomic mass is 10.2. The Labute approximate surface area is 132 Å². The normalized spacial score (nSPS) is 23.3. The fourth-order valence-corrected chi connectivity index (χ4v) is 3.35. The quantitative estimate of drug-likeness (QED) is 0.769. The number of aromatic nitrogens is 2. The van der Waals surface area contributed by atoms with Crippen LogP contribution in [-0.4, -0.2) is 61.9 Å². The number of sulfonamides is 1. The molecule has 2 heterocycles. The third-order valence-electron chi connectivity index (χ3n) is 4.26. The molecule has 1 aromatic heterocycles. The van der Waals surface area contributed by atoms with Crippen LogP contribution in [0.5, 0.6) is 0 Å². The van der Waals surface area contributed by atoms with Crippen LogP contribution in [0.15, 0.2) is 0 Å². The van der Waals surface area contributed by atoms with Crippen LogP contribution in [0.1, 0.15) is 36.6 Å². The summed E-state index contributed by atoms with van der Waals surface area (Å²) in [7, 11) is -1.43. The van der Waals surface area contributed by atoms with E-state index in [9.17, 15) is 8.42 Å². The van der Waals surface area contributed by atoms with Crippen molar-refractivity contribution in [3.8, 4) is 0 Å². The Balaban J connectivity index is 2.03. The third kappa shape index (κ3) is 4.07. The molecule has 2 atom stereocenters. The van der Waals surface area contributed by atoms with E-state index >= 15 is 0 Å². The predicted molar refractivity (Wildman–Crippen MR) is 85.3 cm³/mol. The number of hydrogen-bond donors (Lipinski definition) is 2. The number of H-pyrrole nitrogens is 1. The Morgan fingerprint density at radius 1 is 1.45 bits per heavy atom. The maximum Gasteiger partial charge on any atom is 0.211 e. The Kier molecular flexibility index (Phi) is 5.60. The standard InChI is InChI=1S/C14H26N4O3S/c1-5-22(19,20)15-6-7-18-9-12(21-4)8-13(18)14-16-10(2)11(3)17-14/h12-13,15H,5-9H2,1-4H3,(H,16,17)/t12-,13+/m1/s1. The zero-order valence-corrected chi connectivity index (χ0v) is 14.5. The summed E-state index contributed by atoms with van der Waals surface area (Å²) in [5.74, 6) is 1.04. The van der Waals surface area contributed by atoms with Gasteiger partial charge in [0.2, 0.25) is 10.0 Å². The van der Waals surface area contributed by atoms with Gasteiger partial charge in [0, 0.05) is 32.4 Å². The molecule has 2 N–H and O–H groups in total. The SMILES string of the molecule is CCS(=O)(=O)NCCN1C[C@H](OC)C[C@H]1c1nc(C)c(C)[nH]1. The van der Waals surface area contributed by atoms with E-state index in [0.717, 1.165) is 30.2 Å². The first-order chi connectivity index (χ1) is 10.4. The number of aromatic amines is 1. The number of imidazole rings is 1. The molecule has 2 rings (SSSR count). The molecule has 0 aromatic carbocycles. The molecule has 0 bridgehead atoms. The zero-order valence-electron chi connectivity index (χ0n) is 13.7. The van der Waals surface area contributed by atoms with Crippen molar-refractivity contribution in [1.29, 1.82) is 0 Å². The van der Waals surface area contributed by atoms with Gasteiger partial charge in [-0.25, -0.2) is 18.1 Å². The molecule has 22 heavy (non-hydrogen) atoms. The lowest BCUT2D eigenvalue weighted by Gasteiger charge is -2.22. The second kappa shape index (κ2) is 7.08. The number of nitrogens with one attached hydrogen (secondary N) is 2. The molecule has 1 aliphatic rings. The minimum Gasteiger partial charge on any atom is -0.380 e. The van der Waals surface area contributed by atoms with Gasteiger partial charge in [-0.3, -0.25) is 4.90 Å². The fourth-order valence-electron chi connectivity index (χ4n) is 2.74. The predicted octanol–water partition coefficient (Wildman–Crippen LogP) is 0.728. The highest BCUT2D eigenvalue weighted by molar-refractivity contribution is 7.89. The Morgan fingerprint density at radius 2 is 2.18 bits per heavy atom. The third-order valence-corrected chi connectivity index (χ3v) is 5.67. The number of aryl methyl sites for hydroxylation is 2. The van der Waals surface area contributed by atoms with E-state index in [2.05, 4.69) is 19.6 Å². The van der Waals surface area contributed by atoms with Gasteiger partial charge in [-0.15, -0.1) is 0 Å². The van der Waals surface area contributed by atoms with E-state index in [1.807, 2.05) is 13.8 Å². The minimum atomic E-state index is -3.15. The molecular weight excluding hydrogens is 304 g/mol. The fraction of sp³-hybridized carbons (Fsp3) is 0.786. The van der Waals surface area contributed by atoms with Gasteiger partial charge < -0.3 is 9.72 Å². The number of nitrogens with zero attached hydrogens (tertiary/aromatic N) is 2. The number of rotatable bonds is 7. The zero-order chi connectivity index (χ0) is 16.3. The molecule has 8 heteroatoms. The van der Waals surface area contributed by atoms with E-state index in [1.165, 1.54) is 0 Å². The monoisotopic (exact) mass is 330 g/mol. The van der Waals surface area contributed by atoms with Crippen molar-refractivity contribution in [2.75, 3.05) is 32.5 Å². The molecule has 0 saturated carbocycles. The maximum atomic E-state index is 11.5. The molecule has 126 valence electrons. The lowest BCUT2D eigenvalue weighted by Crippen LogP contribution is -2.36. The highest BCUT2D eigenvalue weighted by Gasteiger charge is 2.34. The van der Waals surface area contributed by atoms with Crippen LogP contribution in [0.3, 0.4) is 0 Å². The summed E-state index contributed by atoms with van der Waals surface area (Å²) >= 11 is 0. The van der Waals surface area contributed by atoms with Crippen molar-refractivity contribution < 1.29 is 13.2 Å². The van der Waals surface area contributed by atoms with Crippen LogP contribution >= 0.6 is 0 Å². The molecule has 1 fully saturated rings. The molecule has 0 amide bonds. The first-order valence-corrected chi connectivity index (χ1v) is 9.28. The summed E-state index contributed by atoms with van der Waals surface area (Å²) in [5.41, 5.74) is 2.07. The van der Waals surface area contributed by atoms with Crippen molar-refractivity contribution >= 4 is 10.0 Å². The van der Waals surface area contributed by atoms with Gasteiger partial charge in [-0.1, -0.05) is 0 Å². The van der Waals surface area contributed by atoms with Gasteiger partial charge in [0.15, 0.2) is 0 Å². The van der Waals surface area contributed by atoms with Crippen LogP contribution in [-0.2, 0) is 14.8 Å².